The molecule has 0 aromatic heterocycles. The van der Waals surface area contributed by atoms with Crippen molar-refractivity contribution in [2.45, 2.75) is 26.3 Å². The Labute approximate surface area is 101 Å². The fraction of sp³-hybridized carbons (Fsp3) is 0.385. The first kappa shape index (κ1) is 13.0. The van der Waals surface area contributed by atoms with Gasteiger partial charge in [-0.2, -0.15) is 0 Å². The smallest absolute Gasteiger partial charge is 0.258 e. The SMILES string of the molecule is [C-]#[N+]c1cccc(OCC(=O)NC(C)(C)C)c1. The summed E-state index contributed by atoms with van der Waals surface area (Å²) < 4.78 is 5.30. The lowest BCUT2D eigenvalue weighted by atomic mass is 10.1. The number of rotatable bonds is 3. The van der Waals surface area contributed by atoms with Gasteiger partial charge in [0.05, 0.1) is 6.57 Å². The van der Waals surface area contributed by atoms with Gasteiger partial charge < -0.3 is 10.1 Å². The highest BCUT2D eigenvalue weighted by Crippen LogP contribution is 2.19. The van der Waals surface area contributed by atoms with E-state index in [1.165, 1.54) is 0 Å². The molecule has 0 aliphatic rings. The van der Waals surface area contributed by atoms with E-state index in [-0.39, 0.29) is 18.1 Å². The molecule has 0 aliphatic carbocycles. The summed E-state index contributed by atoms with van der Waals surface area (Å²) in [6, 6.07) is 6.75. The topological polar surface area (TPSA) is 42.7 Å². The van der Waals surface area contributed by atoms with Crippen LogP contribution in [0.5, 0.6) is 5.75 Å². The summed E-state index contributed by atoms with van der Waals surface area (Å²) in [5.41, 5.74) is 0.234. The highest BCUT2D eigenvalue weighted by Gasteiger charge is 2.13. The Morgan fingerprint density at radius 1 is 1.47 bits per heavy atom. The maximum absolute atomic E-state index is 11.5. The van der Waals surface area contributed by atoms with Crippen molar-refractivity contribution >= 4 is 11.6 Å². The van der Waals surface area contributed by atoms with E-state index in [0.717, 1.165) is 0 Å². The molecule has 0 unspecified atom stereocenters. The van der Waals surface area contributed by atoms with Gasteiger partial charge in [-0.3, -0.25) is 4.79 Å². The van der Waals surface area contributed by atoms with E-state index >= 15 is 0 Å². The van der Waals surface area contributed by atoms with Crippen molar-refractivity contribution in [3.05, 3.63) is 35.7 Å². The molecule has 0 heterocycles. The highest BCUT2D eigenvalue weighted by atomic mass is 16.5. The molecule has 4 nitrogen and oxygen atoms in total. The molecule has 4 heteroatoms. The predicted octanol–water partition coefficient (Wildman–Crippen LogP) is 2.53. The average Bonchev–Trinajstić information content (AvgIpc) is 2.24. The molecule has 1 rings (SSSR count). The first-order chi connectivity index (χ1) is 7.90. The average molecular weight is 232 g/mol. The molecule has 0 spiro atoms. The third-order valence-electron chi connectivity index (χ3n) is 1.83. The number of benzene rings is 1. The largest absolute Gasteiger partial charge is 0.485 e. The van der Waals surface area contributed by atoms with Gasteiger partial charge in [0.25, 0.3) is 5.91 Å². The van der Waals surface area contributed by atoms with Crippen LogP contribution in [0.25, 0.3) is 4.85 Å². The van der Waals surface area contributed by atoms with Gasteiger partial charge in [0.1, 0.15) is 5.75 Å². The molecular weight excluding hydrogens is 216 g/mol. The molecular formula is C13H16N2O2. The lowest BCUT2D eigenvalue weighted by molar-refractivity contribution is -0.124. The maximum Gasteiger partial charge on any atom is 0.258 e. The number of amides is 1. The Morgan fingerprint density at radius 3 is 2.76 bits per heavy atom. The van der Waals surface area contributed by atoms with Gasteiger partial charge in [0.15, 0.2) is 12.3 Å². The number of carbonyl (C=O) groups excluding carboxylic acids is 1. The molecule has 1 aromatic rings. The number of carbonyl (C=O) groups is 1. The number of ether oxygens (including phenoxy) is 1. The molecule has 1 amide bonds. The lowest BCUT2D eigenvalue weighted by Crippen LogP contribution is -2.43. The first-order valence-electron chi connectivity index (χ1n) is 5.32. The van der Waals surface area contributed by atoms with Crippen LogP contribution in [0.3, 0.4) is 0 Å². The Hall–Kier alpha value is -2.02. The van der Waals surface area contributed by atoms with Crippen molar-refractivity contribution in [3.8, 4) is 5.75 Å². The van der Waals surface area contributed by atoms with Gasteiger partial charge in [-0.05, 0) is 32.9 Å². The van der Waals surface area contributed by atoms with E-state index in [0.29, 0.717) is 11.4 Å². The summed E-state index contributed by atoms with van der Waals surface area (Å²) in [6.07, 6.45) is 0. The van der Waals surface area contributed by atoms with Gasteiger partial charge in [-0.25, -0.2) is 4.85 Å². The summed E-state index contributed by atoms with van der Waals surface area (Å²) in [4.78, 5) is 14.8. The van der Waals surface area contributed by atoms with Crippen LogP contribution < -0.4 is 10.1 Å². The fourth-order valence-corrected chi connectivity index (χ4v) is 1.25. The van der Waals surface area contributed by atoms with E-state index in [9.17, 15) is 4.79 Å². The highest BCUT2D eigenvalue weighted by molar-refractivity contribution is 5.78. The maximum atomic E-state index is 11.5. The molecule has 0 aliphatic heterocycles. The molecule has 1 aromatic carbocycles. The third-order valence-corrected chi connectivity index (χ3v) is 1.83. The second-order valence-corrected chi connectivity index (χ2v) is 4.70. The van der Waals surface area contributed by atoms with Gasteiger partial charge in [-0.1, -0.05) is 12.1 Å². The summed E-state index contributed by atoms with van der Waals surface area (Å²) >= 11 is 0. The molecule has 0 radical (unpaired) electrons. The van der Waals surface area contributed by atoms with Crippen LogP contribution >= 0.6 is 0 Å². The van der Waals surface area contributed by atoms with Crippen LogP contribution in [-0.4, -0.2) is 18.1 Å². The standard InChI is InChI=1S/C13H16N2O2/c1-13(2,3)15-12(16)9-17-11-7-5-6-10(8-11)14-4/h5-8H,9H2,1-3H3,(H,15,16). The Bertz CT molecular complexity index is 441. The van der Waals surface area contributed by atoms with Crippen molar-refractivity contribution in [3.63, 3.8) is 0 Å². The van der Waals surface area contributed by atoms with Crippen LogP contribution in [0, 0.1) is 6.57 Å². The molecule has 1 N–H and O–H groups in total. The minimum Gasteiger partial charge on any atom is -0.485 e. The molecule has 90 valence electrons. The Kier molecular flexibility index (Phi) is 4.11. The second kappa shape index (κ2) is 5.35. The van der Waals surface area contributed by atoms with Crippen molar-refractivity contribution in [1.29, 1.82) is 0 Å². The third kappa shape index (κ3) is 5.03. The van der Waals surface area contributed by atoms with E-state index in [1.54, 1.807) is 24.3 Å². The number of nitrogens with one attached hydrogen (secondary N) is 1. The quantitative estimate of drug-likeness (QED) is 0.814. The first-order valence-corrected chi connectivity index (χ1v) is 5.32. The molecule has 0 fully saturated rings. The van der Waals surface area contributed by atoms with Gasteiger partial charge >= 0.3 is 0 Å². The van der Waals surface area contributed by atoms with Crippen molar-refractivity contribution in [1.82, 2.24) is 5.32 Å². The summed E-state index contributed by atoms with van der Waals surface area (Å²) in [7, 11) is 0. The summed E-state index contributed by atoms with van der Waals surface area (Å²) in [5.74, 6) is 0.355. The van der Waals surface area contributed by atoms with Crippen LogP contribution in [0.15, 0.2) is 24.3 Å². The minimum absolute atomic E-state index is 0.0429. The normalized spacial score (nSPS) is 10.5. The minimum atomic E-state index is -0.265. The van der Waals surface area contributed by atoms with E-state index in [2.05, 4.69) is 10.2 Å². The fourth-order valence-electron chi connectivity index (χ4n) is 1.25. The number of hydrogen-bond donors (Lipinski definition) is 1. The monoisotopic (exact) mass is 232 g/mol. The van der Waals surface area contributed by atoms with Crippen LogP contribution in [0.1, 0.15) is 20.8 Å². The van der Waals surface area contributed by atoms with Gasteiger partial charge in [0.2, 0.25) is 0 Å². The van der Waals surface area contributed by atoms with E-state index in [1.807, 2.05) is 20.8 Å². The number of nitrogens with zero attached hydrogens (tertiary/aromatic N) is 1. The van der Waals surface area contributed by atoms with Crippen molar-refractivity contribution < 1.29 is 9.53 Å². The zero-order valence-corrected chi connectivity index (χ0v) is 10.3. The Balaban J connectivity index is 2.51. The van der Waals surface area contributed by atoms with Crippen LogP contribution in [0.4, 0.5) is 5.69 Å². The molecule has 0 saturated carbocycles. The number of hydrogen-bond acceptors (Lipinski definition) is 2. The Morgan fingerprint density at radius 2 is 2.18 bits per heavy atom. The summed E-state index contributed by atoms with van der Waals surface area (Å²) in [6.45, 7) is 12.5. The molecule has 17 heavy (non-hydrogen) atoms. The molecule has 0 atom stereocenters. The van der Waals surface area contributed by atoms with Crippen molar-refractivity contribution in [2.24, 2.45) is 0 Å². The molecule has 0 saturated heterocycles. The lowest BCUT2D eigenvalue weighted by Gasteiger charge is -2.20. The van der Waals surface area contributed by atoms with E-state index < -0.39 is 0 Å². The van der Waals surface area contributed by atoms with Crippen LogP contribution in [0.2, 0.25) is 0 Å². The zero-order chi connectivity index (χ0) is 12.9. The van der Waals surface area contributed by atoms with Gasteiger partial charge in [0, 0.05) is 5.54 Å². The van der Waals surface area contributed by atoms with Crippen molar-refractivity contribution in [2.75, 3.05) is 6.61 Å². The van der Waals surface area contributed by atoms with E-state index in [4.69, 9.17) is 11.3 Å². The molecule has 0 bridgehead atoms. The van der Waals surface area contributed by atoms with Gasteiger partial charge in [-0.15, -0.1) is 0 Å². The zero-order valence-electron chi connectivity index (χ0n) is 10.3. The van der Waals surface area contributed by atoms with Crippen LogP contribution in [-0.2, 0) is 4.79 Å². The second-order valence-electron chi connectivity index (χ2n) is 4.70. The predicted molar refractivity (Wildman–Crippen MR) is 66.1 cm³/mol. The summed E-state index contributed by atoms with van der Waals surface area (Å²) in [5, 5.41) is 2.79.